The predicted octanol–water partition coefficient (Wildman–Crippen LogP) is 7.56. The molecule has 0 spiro atoms. The quantitative estimate of drug-likeness (QED) is 0.409. The number of alkyl halides is 1. The summed E-state index contributed by atoms with van der Waals surface area (Å²) in [6.45, 7) is 3.98. The Hall–Kier alpha value is -2.07. The summed E-state index contributed by atoms with van der Waals surface area (Å²) in [4.78, 5) is 11.6. The third kappa shape index (κ3) is 5.54. The Morgan fingerprint density at radius 2 is 1.88 bits per heavy atom. The summed E-state index contributed by atoms with van der Waals surface area (Å²) in [7, 11) is 0. The zero-order valence-corrected chi connectivity index (χ0v) is 20.3. The van der Waals surface area contributed by atoms with Crippen molar-refractivity contribution in [3.8, 4) is 5.75 Å². The normalized spacial score (nSPS) is 23.5. The lowest BCUT2D eigenvalue weighted by molar-refractivity contribution is -0.151. The molecule has 2 aromatic rings. The molecule has 2 aliphatic rings. The van der Waals surface area contributed by atoms with Crippen LogP contribution in [-0.2, 0) is 11.2 Å². The van der Waals surface area contributed by atoms with Crippen LogP contribution in [0.3, 0.4) is 0 Å². The van der Waals surface area contributed by atoms with Crippen LogP contribution in [0.2, 0.25) is 5.02 Å². The van der Waals surface area contributed by atoms with E-state index >= 15 is 4.39 Å². The van der Waals surface area contributed by atoms with E-state index in [1.807, 2.05) is 30.3 Å². The monoisotopic (exact) mass is 472 g/mol. The molecule has 1 N–H and O–H groups in total. The first-order chi connectivity index (χ1) is 15.8. The van der Waals surface area contributed by atoms with Gasteiger partial charge in [0.2, 0.25) is 5.67 Å². The van der Waals surface area contributed by atoms with Crippen LogP contribution in [0, 0.1) is 11.8 Å². The van der Waals surface area contributed by atoms with Gasteiger partial charge in [0, 0.05) is 10.9 Å². The number of hydrogen-bond donors (Lipinski definition) is 1. The zero-order chi connectivity index (χ0) is 23.6. The van der Waals surface area contributed by atoms with Gasteiger partial charge in [-0.1, -0.05) is 42.8 Å². The lowest BCUT2D eigenvalue weighted by atomic mass is 9.78. The molecule has 2 fully saturated rings. The van der Waals surface area contributed by atoms with E-state index in [0.29, 0.717) is 24.2 Å². The van der Waals surface area contributed by atoms with E-state index in [1.54, 1.807) is 0 Å². The number of aryl methyl sites for hydroxylation is 1. The number of halogens is 2. The summed E-state index contributed by atoms with van der Waals surface area (Å²) in [5.41, 5.74) is 1.05. The fourth-order valence-electron chi connectivity index (χ4n) is 5.37. The third-order valence-corrected chi connectivity index (χ3v) is 7.90. The zero-order valence-electron chi connectivity index (χ0n) is 19.5. The predicted molar refractivity (Wildman–Crippen MR) is 130 cm³/mol. The van der Waals surface area contributed by atoms with Gasteiger partial charge in [-0.15, -0.1) is 0 Å². The summed E-state index contributed by atoms with van der Waals surface area (Å²) in [5.74, 6) is -0.284. The Balaban J connectivity index is 1.36. The van der Waals surface area contributed by atoms with E-state index in [4.69, 9.17) is 16.3 Å². The SMILES string of the molecule is CCc1ccc(Cl)c(C2CCC(COc3cccc([C@H](C4CC4)C(C)(F)C(=O)O)c3)CC2)c1. The molecule has 0 aromatic heterocycles. The maximum atomic E-state index is 15.1. The smallest absolute Gasteiger partial charge is 0.341 e. The van der Waals surface area contributed by atoms with Gasteiger partial charge in [0.05, 0.1) is 6.61 Å². The highest BCUT2D eigenvalue weighted by Gasteiger charge is 2.50. The van der Waals surface area contributed by atoms with Crippen LogP contribution < -0.4 is 4.74 Å². The average Bonchev–Trinajstić information content (AvgIpc) is 3.63. The van der Waals surface area contributed by atoms with Crippen molar-refractivity contribution in [3.05, 3.63) is 64.2 Å². The van der Waals surface area contributed by atoms with Crippen molar-refractivity contribution >= 4 is 17.6 Å². The first-order valence-corrected chi connectivity index (χ1v) is 12.6. The number of carbonyl (C=O) groups is 1. The summed E-state index contributed by atoms with van der Waals surface area (Å²) >= 11 is 6.49. The molecule has 0 aliphatic heterocycles. The molecule has 5 heteroatoms. The molecule has 2 aromatic carbocycles. The lowest BCUT2D eigenvalue weighted by Crippen LogP contribution is -2.38. The molecule has 33 heavy (non-hydrogen) atoms. The van der Waals surface area contributed by atoms with Gasteiger partial charge in [0.25, 0.3) is 0 Å². The molecular formula is C28H34ClFO3. The van der Waals surface area contributed by atoms with Gasteiger partial charge in [-0.25, -0.2) is 9.18 Å². The number of benzene rings is 2. The first-order valence-electron chi connectivity index (χ1n) is 12.2. The Labute approximate surface area is 201 Å². The van der Waals surface area contributed by atoms with Crippen molar-refractivity contribution in [2.45, 2.75) is 76.3 Å². The van der Waals surface area contributed by atoms with Crippen molar-refractivity contribution < 1.29 is 19.0 Å². The van der Waals surface area contributed by atoms with E-state index < -0.39 is 17.6 Å². The van der Waals surface area contributed by atoms with Gasteiger partial charge in [0.1, 0.15) is 5.75 Å². The Morgan fingerprint density at radius 1 is 1.15 bits per heavy atom. The van der Waals surface area contributed by atoms with Crippen molar-refractivity contribution in [2.24, 2.45) is 11.8 Å². The molecule has 0 saturated heterocycles. The van der Waals surface area contributed by atoms with E-state index in [2.05, 4.69) is 19.1 Å². The van der Waals surface area contributed by atoms with E-state index in [-0.39, 0.29) is 5.92 Å². The summed E-state index contributed by atoms with van der Waals surface area (Å²) in [5, 5.41) is 10.3. The van der Waals surface area contributed by atoms with Crippen LogP contribution in [0.15, 0.2) is 42.5 Å². The molecule has 178 valence electrons. The van der Waals surface area contributed by atoms with Gasteiger partial charge in [-0.05, 0) is 105 Å². The minimum atomic E-state index is -2.28. The van der Waals surface area contributed by atoms with Crippen LogP contribution >= 0.6 is 11.6 Å². The van der Waals surface area contributed by atoms with Crippen LogP contribution in [0.4, 0.5) is 4.39 Å². The van der Waals surface area contributed by atoms with Gasteiger partial charge in [0.15, 0.2) is 0 Å². The molecule has 2 atom stereocenters. The minimum absolute atomic E-state index is 0.0830. The Kier molecular flexibility index (Phi) is 7.33. The highest BCUT2D eigenvalue weighted by molar-refractivity contribution is 6.31. The molecular weight excluding hydrogens is 439 g/mol. The van der Waals surface area contributed by atoms with Crippen LogP contribution in [-0.4, -0.2) is 23.4 Å². The number of aliphatic carboxylic acids is 1. The topological polar surface area (TPSA) is 46.5 Å². The molecule has 0 bridgehead atoms. The van der Waals surface area contributed by atoms with Gasteiger partial charge in [-0.3, -0.25) is 0 Å². The highest BCUT2D eigenvalue weighted by atomic mass is 35.5. The molecule has 3 nitrogen and oxygen atoms in total. The average molecular weight is 473 g/mol. The number of rotatable bonds is 9. The minimum Gasteiger partial charge on any atom is -0.493 e. The number of carboxylic acids is 1. The summed E-state index contributed by atoms with van der Waals surface area (Å²) in [6.07, 6.45) is 7.13. The number of ether oxygens (including phenoxy) is 1. The van der Waals surface area contributed by atoms with Gasteiger partial charge in [-0.2, -0.15) is 0 Å². The fraction of sp³-hybridized carbons (Fsp3) is 0.536. The van der Waals surface area contributed by atoms with Crippen molar-refractivity contribution in [3.63, 3.8) is 0 Å². The second kappa shape index (κ2) is 10.0. The number of hydrogen-bond acceptors (Lipinski definition) is 2. The molecule has 2 saturated carbocycles. The van der Waals surface area contributed by atoms with E-state index in [9.17, 15) is 9.90 Å². The van der Waals surface area contributed by atoms with Crippen LogP contribution in [0.5, 0.6) is 5.75 Å². The molecule has 4 rings (SSSR count). The van der Waals surface area contributed by atoms with Gasteiger partial charge < -0.3 is 9.84 Å². The van der Waals surface area contributed by atoms with Crippen molar-refractivity contribution in [1.29, 1.82) is 0 Å². The highest BCUT2D eigenvalue weighted by Crippen LogP contribution is 2.50. The first kappa shape index (κ1) is 24.1. The van der Waals surface area contributed by atoms with Crippen LogP contribution in [0.1, 0.15) is 80.9 Å². The summed E-state index contributed by atoms with van der Waals surface area (Å²) in [6, 6.07) is 13.8. The Bertz CT molecular complexity index is 977. The molecule has 0 radical (unpaired) electrons. The maximum Gasteiger partial charge on any atom is 0.341 e. The van der Waals surface area contributed by atoms with Crippen LogP contribution in [0.25, 0.3) is 0 Å². The molecule has 1 unspecified atom stereocenters. The van der Waals surface area contributed by atoms with Crippen molar-refractivity contribution in [2.75, 3.05) is 6.61 Å². The maximum absolute atomic E-state index is 15.1. The van der Waals surface area contributed by atoms with E-state index in [1.165, 1.54) is 18.1 Å². The molecule has 0 amide bonds. The second-order valence-electron chi connectivity index (χ2n) is 10.0. The summed E-state index contributed by atoms with van der Waals surface area (Å²) < 4.78 is 21.2. The van der Waals surface area contributed by atoms with E-state index in [0.717, 1.165) is 55.5 Å². The largest absolute Gasteiger partial charge is 0.493 e. The molecule has 0 heterocycles. The van der Waals surface area contributed by atoms with Gasteiger partial charge >= 0.3 is 5.97 Å². The van der Waals surface area contributed by atoms with Crippen molar-refractivity contribution in [1.82, 2.24) is 0 Å². The number of carboxylic acid groups (broad SMARTS) is 1. The lowest BCUT2D eigenvalue weighted by Gasteiger charge is -2.30. The standard InChI is InChI=1S/C28H34ClFO3/c1-3-18-9-14-25(29)24(15-18)20-10-7-19(8-11-20)17-33-23-6-4-5-22(16-23)26(21-12-13-21)28(2,30)27(31)32/h4-6,9,14-16,19-21,26H,3,7-8,10-13,17H2,1-2H3,(H,31,32)/t19?,20?,26-,28?/m0/s1. The second-order valence-corrected chi connectivity index (χ2v) is 10.4. The fourth-order valence-corrected chi connectivity index (χ4v) is 5.64. The third-order valence-electron chi connectivity index (χ3n) is 7.55. The Morgan fingerprint density at radius 3 is 2.52 bits per heavy atom. The molecule has 2 aliphatic carbocycles.